The Kier molecular flexibility index (Phi) is 7.07. The Hall–Kier alpha value is -2.90. The second kappa shape index (κ2) is 9.73. The summed E-state index contributed by atoms with van der Waals surface area (Å²) in [5.74, 6) is -1.88. The molecule has 0 unspecified atom stereocenters. The second-order valence-corrected chi connectivity index (χ2v) is 8.16. The van der Waals surface area contributed by atoms with Crippen LogP contribution in [-0.4, -0.2) is 66.3 Å². The van der Waals surface area contributed by atoms with Crippen molar-refractivity contribution < 1.29 is 23.9 Å². The molecule has 0 spiro atoms. The summed E-state index contributed by atoms with van der Waals surface area (Å²) >= 11 is 0. The molecule has 1 aliphatic carbocycles. The third kappa shape index (κ3) is 5.58. The van der Waals surface area contributed by atoms with Crippen molar-refractivity contribution in [3.63, 3.8) is 0 Å². The molecule has 1 aliphatic heterocycles. The number of carbonyl (C=O) groups excluding carboxylic acids is 4. The van der Waals surface area contributed by atoms with Crippen LogP contribution in [0.5, 0.6) is 0 Å². The van der Waals surface area contributed by atoms with E-state index in [0.29, 0.717) is 12.2 Å². The molecule has 0 radical (unpaired) electrons. The molecule has 1 saturated carbocycles. The van der Waals surface area contributed by atoms with E-state index in [1.165, 1.54) is 11.9 Å². The number of rotatable bonds is 7. The topological polar surface area (TPSA) is 96.0 Å². The molecule has 0 bridgehead atoms. The van der Waals surface area contributed by atoms with Crippen molar-refractivity contribution in [1.82, 2.24) is 9.80 Å². The molecule has 3 rings (SSSR count). The number of nitrogens with zero attached hydrogens (tertiary/aromatic N) is 2. The van der Waals surface area contributed by atoms with Crippen LogP contribution in [0.2, 0.25) is 0 Å². The SMILES string of the molecule is Cc1ccc(NC(=O)CN(C)C(=O)COC(=O)[C@H]2CC(=O)N(C3CCCC3)C2)cc1. The van der Waals surface area contributed by atoms with Crippen LogP contribution >= 0.6 is 0 Å². The van der Waals surface area contributed by atoms with Crippen molar-refractivity contribution in [2.45, 2.75) is 45.1 Å². The molecule has 1 saturated heterocycles. The Morgan fingerprint density at radius 3 is 2.50 bits per heavy atom. The van der Waals surface area contributed by atoms with E-state index in [-0.39, 0.29) is 30.8 Å². The third-order valence-corrected chi connectivity index (χ3v) is 5.74. The van der Waals surface area contributed by atoms with Crippen molar-refractivity contribution >= 4 is 29.4 Å². The van der Waals surface area contributed by atoms with Gasteiger partial charge in [0.2, 0.25) is 11.8 Å². The van der Waals surface area contributed by atoms with Crippen molar-refractivity contribution in [1.29, 1.82) is 0 Å². The standard InChI is InChI=1S/C22H29N3O5/c1-15-7-9-17(10-8-15)23-19(26)13-24(2)21(28)14-30-22(29)16-11-20(27)25(12-16)18-5-3-4-6-18/h7-10,16,18H,3-6,11-14H2,1-2H3,(H,23,26)/t16-/m0/s1. The molecule has 1 atom stereocenters. The van der Waals surface area contributed by atoms with Gasteiger partial charge < -0.3 is 19.9 Å². The van der Waals surface area contributed by atoms with Crippen LogP contribution in [0, 0.1) is 12.8 Å². The van der Waals surface area contributed by atoms with Crippen LogP contribution in [0.15, 0.2) is 24.3 Å². The van der Waals surface area contributed by atoms with Gasteiger partial charge in [-0.15, -0.1) is 0 Å². The van der Waals surface area contributed by atoms with Crippen LogP contribution in [0.25, 0.3) is 0 Å². The zero-order valence-corrected chi connectivity index (χ0v) is 17.6. The molecule has 1 N–H and O–H groups in total. The van der Waals surface area contributed by atoms with Crippen LogP contribution in [0.4, 0.5) is 5.69 Å². The normalized spacial score (nSPS) is 19.1. The quantitative estimate of drug-likeness (QED) is 0.684. The molecule has 1 heterocycles. The van der Waals surface area contributed by atoms with Gasteiger partial charge in [0.25, 0.3) is 5.91 Å². The zero-order chi connectivity index (χ0) is 21.7. The molecule has 1 aromatic rings. The molecule has 3 amide bonds. The van der Waals surface area contributed by atoms with Crippen molar-refractivity contribution in [3.05, 3.63) is 29.8 Å². The summed E-state index contributed by atoms with van der Waals surface area (Å²) in [5, 5.41) is 2.72. The first-order chi connectivity index (χ1) is 14.3. The Balaban J connectivity index is 1.40. The lowest BCUT2D eigenvalue weighted by atomic mass is 10.1. The van der Waals surface area contributed by atoms with Gasteiger partial charge in [0, 0.05) is 31.7 Å². The zero-order valence-electron chi connectivity index (χ0n) is 17.6. The average Bonchev–Trinajstić information content (AvgIpc) is 3.37. The highest BCUT2D eigenvalue weighted by Crippen LogP contribution is 2.29. The maximum atomic E-state index is 12.3. The molecule has 2 fully saturated rings. The molecular formula is C22H29N3O5. The number of hydrogen-bond acceptors (Lipinski definition) is 5. The summed E-state index contributed by atoms with van der Waals surface area (Å²) in [7, 11) is 1.48. The Bertz CT molecular complexity index is 801. The maximum Gasteiger partial charge on any atom is 0.311 e. The van der Waals surface area contributed by atoms with E-state index >= 15 is 0 Å². The molecular weight excluding hydrogens is 386 g/mol. The van der Waals surface area contributed by atoms with Gasteiger partial charge in [-0.25, -0.2) is 0 Å². The predicted molar refractivity (Wildman–Crippen MR) is 110 cm³/mol. The lowest BCUT2D eigenvalue weighted by Gasteiger charge is -2.23. The first-order valence-corrected chi connectivity index (χ1v) is 10.4. The number of carbonyl (C=O) groups is 4. The van der Waals surface area contributed by atoms with E-state index in [9.17, 15) is 19.2 Å². The van der Waals surface area contributed by atoms with Gasteiger partial charge in [-0.1, -0.05) is 30.5 Å². The van der Waals surface area contributed by atoms with Crippen LogP contribution in [0.3, 0.4) is 0 Å². The summed E-state index contributed by atoms with van der Waals surface area (Å²) in [6, 6.07) is 7.57. The van der Waals surface area contributed by atoms with Gasteiger partial charge in [0.1, 0.15) is 0 Å². The summed E-state index contributed by atoms with van der Waals surface area (Å²) in [5.41, 5.74) is 1.73. The van der Waals surface area contributed by atoms with E-state index in [1.54, 1.807) is 17.0 Å². The number of benzene rings is 1. The summed E-state index contributed by atoms with van der Waals surface area (Å²) in [4.78, 5) is 51.9. The smallest absolute Gasteiger partial charge is 0.311 e. The van der Waals surface area contributed by atoms with Gasteiger partial charge >= 0.3 is 5.97 Å². The van der Waals surface area contributed by atoms with Crippen molar-refractivity contribution in [2.75, 3.05) is 32.1 Å². The average molecular weight is 415 g/mol. The van der Waals surface area contributed by atoms with E-state index < -0.39 is 24.4 Å². The first kappa shape index (κ1) is 21.8. The van der Waals surface area contributed by atoms with E-state index in [0.717, 1.165) is 31.2 Å². The Morgan fingerprint density at radius 1 is 1.17 bits per heavy atom. The minimum Gasteiger partial charge on any atom is -0.455 e. The van der Waals surface area contributed by atoms with Crippen LogP contribution in [-0.2, 0) is 23.9 Å². The minimum atomic E-state index is -0.533. The molecule has 8 nitrogen and oxygen atoms in total. The minimum absolute atomic E-state index is 0.0138. The van der Waals surface area contributed by atoms with Gasteiger partial charge in [-0.05, 0) is 31.9 Å². The van der Waals surface area contributed by atoms with Gasteiger partial charge in [-0.3, -0.25) is 19.2 Å². The number of esters is 1. The highest BCUT2D eigenvalue weighted by Gasteiger charge is 2.39. The fraction of sp³-hybridized carbons (Fsp3) is 0.545. The second-order valence-electron chi connectivity index (χ2n) is 8.16. The Morgan fingerprint density at radius 2 is 1.83 bits per heavy atom. The molecule has 0 aromatic heterocycles. The molecule has 8 heteroatoms. The molecule has 2 aliphatic rings. The van der Waals surface area contributed by atoms with Crippen molar-refractivity contribution in [3.8, 4) is 0 Å². The number of nitrogens with one attached hydrogen (secondary N) is 1. The highest BCUT2D eigenvalue weighted by molar-refractivity contribution is 5.95. The molecule has 162 valence electrons. The third-order valence-electron chi connectivity index (χ3n) is 5.74. The van der Waals surface area contributed by atoms with E-state index in [4.69, 9.17) is 4.74 Å². The summed E-state index contributed by atoms with van der Waals surface area (Å²) in [6.07, 6.45) is 4.34. The van der Waals surface area contributed by atoms with Gasteiger partial charge in [0.15, 0.2) is 6.61 Å². The van der Waals surface area contributed by atoms with Crippen molar-refractivity contribution in [2.24, 2.45) is 5.92 Å². The maximum absolute atomic E-state index is 12.3. The van der Waals surface area contributed by atoms with Gasteiger partial charge in [0.05, 0.1) is 12.5 Å². The molecule has 30 heavy (non-hydrogen) atoms. The lowest BCUT2D eigenvalue weighted by Crippen LogP contribution is -2.38. The summed E-state index contributed by atoms with van der Waals surface area (Å²) < 4.78 is 5.14. The number of ether oxygens (including phenoxy) is 1. The largest absolute Gasteiger partial charge is 0.455 e. The fourth-order valence-electron chi connectivity index (χ4n) is 3.96. The number of likely N-dealkylation sites (tertiary alicyclic amines) is 1. The Labute approximate surface area is 176 Å². The highest BCUT2D eigenvalue weighted by atomic mass is 16.5. The number of amides is 3. The number of anilines is 1. The summed E-state index contributed by atoms with van der Waals surface area (Å²) in [6.45, 7) is 1.72. The fourth-order valence-corrected chi connectivity index (χ4v) is 3.96. The monoisotopic (exact) mass is 415 g/mol. The van der Waals surface area contributed by atoms with Crippen LogP contribution < -0.4 is 5.32 Å². The lowest BCUT2D eigenvalue weighted by molar-refractivity contribution is -0.155. The predicted octanol–water partition coefficient (Wildman–Crippen LogP) is 1.73. The number of hydrogen-bond donors (Lipinski definition) is 1. The van der Waals surface area contributed by atoms with Gasteiger partial charge in [-0.2, -0.15) is 0 Å². The first-order valence-electron chi connectivity index (χ1n) is 10.4. The number of aryl methyl sites for hydroxylation is 1. The molecule has 1 aromatic carbocycles. The number of likely N-dealkylation sites (N-methyl/N-ethyl adjacent to an activating group) is 1. The van der Waals surface area contributed by atoms with Crippen LogP contribution in [0.1, 0.15) is 37.7 Å². The van der Waals surface area contributed by atoms with E-state index in [2.05, 4.69) is 5.32 Å². The van der Waals surface area contributed by atoms with E-state index in [1.807, 2.05) is 19.1 Å².